The third kappa shape index (κ3) is 3.25. The summed E-state index contributed by atoms with van der Waals surface area (Å²) in [5.41, 5.74) is 0.573. The van der Waals surface area contributed by atoms with Crippen molar-refractivity contribution < 1.29 is 9.84 Å². The average molecular weight is 302 g/mol. The molecule has 0 aliphatic carbocycles. The molecule has 0 bridgehead atoms. The van der Waals surface area contributed by atoms with E-state index in [1.807, 2.05) is 0 Å². The number of nitrogens with zero attached hydrogens (tertiary/aromatic N) is 3. The molecule has 19 heavy (non-hydrogen) atoms. The van der Waals surface area contributed by atoms with E-state index in [1.54, 1.807) is 30.0 Å². The van der Waals surface area contributed by atoms with Gasteiger partial charge in [0.15, 0.2) is 0 Å². The van der Waals surface area contributed by atoms with Crippen LogP contribution < -0.4 is 0 Å². The molecule has 2 rings (SSSR count). The Kier molecular flexibility index (Phi) is 4.76. The van der Waals surface area contributed by atoms with Gasteiger partial charge in [-0.05, 0) is 12.1 Å². The van der Waals surface area contributed by atoms with Crippen LogP contribution in [-0.2, 0) is 4.74 Å². The van der Waals surface area contributed by atoms with Gasteiger partial charge in [-0.15, -0.1) is 0 Å². The number of hydrogen-bond donors (Lipinski definition) is 1. The molecule has 0 aliphatic heterocycles. The lowest BCUT2D eigenvalue weighted by molar-refractivity contribution is 0.0473. The fourth-order valence-electron chi connectivity index (χ4n) is 1.82. The molecular formula is C12H13Cl2N3O2. The number of ether oxygens (including phenoxy) is 1. The molecule has 102 valence electrons. The van der Waals surface area contributed by atoms with Gasteiger partial charge in [-0.2, -0.15) is 5.10 Å². The van der Waals surface area contributed by atoms with Gasteiger partial charge in [0.1, 0.15) is 24.8 Å². The van der Waals surface area contributed by atoms with E-state index >= 15 is 0 Å². The number of aliphatic hydroxyl groups is 1. The summed E-state index contributed by atoms with van der Waals surface area (Å²) in [6.07, 6.45) is 2.06. The second-order valence-corrected chi connectivity index (χ2v) is 4.85. The van der Waals surface area contributed by atoms with Gasteiger partial charge in [-0.25, -0.2) is 9.67 Å². The standard InChI is InChI=1S/C12H13Cl2N3O2/c1-19-5-11(17-7-15-6-16-17)12(18)9-3-2-8(13)4-10(9)14/h2-4,6-7,11-12,18H,5H2,1H3. The number of aromatic nitrogens is 3. The number of benzene rings is 1. The molecule has 7 heteroatoms. The molecule has 1 N–H and O–H groups in total. The van der Waals surface area contributed by atoms with Crippen molar-refractivity contribution in [2.45, 2.75) is 12.1 Å². The number of methoxy groups -OCH3 is 1. The highest BCUT2D eigenvalue weighted by molar-refractivity contribution is 6.35. The summed E-state index contributed by atoms with van der Waals surface area (Å²) in [5.74, 6) is 0. The maximum atomic E-state index is 10.5. The summed E-state index contributed by atoms with van der Waals surface area (Å²) < 4.78 is 6.66. The quantitative estimate of drug-likeness (QED) is 0.922. The third-order valence-electron chi connectivity index (χ3n) is 2.76. The van der Waals surface area contributed by atoms with Crippen molar-refractivity contribution in [2.75, 3.05) is 13.7 Å². The molecule has 0 saturated heterocycles. The monoisotopic (exact) mass is 301 g/mol. The first-order valence-electron chi connectivity index (χ1n) is 5.59. The van der Waals surface area contributed by atoms with E-state index in [2.05, 4.69) is 10.1 Å². The van der Waals surface area contributed by atoms with Gasteiger partial charge in [0.25, 0.3) is 0 Å². The van der Waals surface area contributed by atoms with E-state index in [4.69, 9.17) is 27.9 Å². The van der Waals surface area contributed by atoms with Crippen LogP contribution in [0.5, 0.6) is 0 Å². The van der Waals surface area contributed by atoms with E-state index in [0.29, 0.717) is 15.6 Å². The molecule has 0 amide bonds. The van der Waals surface area contributed by atoms with Gasteiger partial charge in [0.05, 0.1) is 6.61 Å². The van der Waals surface area contributed by atoms with Gasteiger partial charge < -0.3 is 9.84 Å². The van der Waals surface area contributed by atoms with Crippen LogP contribution >= 0.6 is 23.2 Å². The van der Waals surface area contributed by atoms with Crippen LogP contribution in [0.25, 0.3) is 0 Å². The molecule has 0 aliphatic rings. The maximum Gasteiger partial charge on any atom is 0.137 e. The first kappa shape index (κ1) is 14.3. The second-order valence-electron chi connectivity index (χ2n) is 4.01. The molecule has 0 radical (unpaired) electrons. The van der Waals surface area contributed by atoms with Crippen LogP contribution in [0.2, 0.25) is 10.0 Å². The minimum Gasteiger partial charge on any atom is -0.386 e. The van der Waals surface area contributed by atoms with E-state index in [9.17, 15) is 5.11 Å². The van der Waals surface area contributed by atoms with Crippen molar-refractivity contribution in [3.05, 3.63) is 46.5 Å². The molecular weight excluding hydrogens is 289 g/mol. The first-order valence-corrected chi connectivity index (χ1v) is 6.35. The zero-order chi connectivity index (χ0) is 13.8. The lowest BCUT2D eigenvalue weighted by Gasteiger charge is -2.23. The fraction of sp³-hybridized carbons (Fsp3) is 0.333. The van der Waals surface area contributed by atoms with Crippen molar-refractivity contribution in [2.24, 2.45) is 0 Å². The average Bonchev–Trinajstić information content (AvgIpc) is 2.89. The van der Waals surface area contributed by atoms with Crippen LogP contribution in [0.1, 0.15) is 17.7 Å². The van der Waals surface area contributed by atoms with Crippen molar-refractivity contribution in [1.29, 1.82) is 0 Å². The van der Waals surface area contributed by atoms with Crippen molar-refractivity contribution in [3.8, 4) is 0 Å². The minimum atomic E-state index is -0.869. The SMILES string of the molecule is COCC(C(O)c1ccc(Cl)cc1Cl)n1cncn1. The summed E-state index contributed by atoms with van der Waals surface area (Å²) >= 11 is 11.9. The minimum absolute atomic E-state index is 0.281. The van der Waals surface area contributed by atoms with Gasteiger partial charge in [0, 0.05) is 22.7 Å². The largest absolute Gasteiger partial charge is 0.386 e. The summed E-state index contributed by atoms with van der Waals surface area (Å²) in [7, 11) is 1.56. The number of rotatable bonds is 5. The Labute approximate surface area is 120 Å². The number of hydrogen-bond acceptors (Lipinski definition) is 4. The molecule has 2 aromatic rings. The molecule has 0 saturated carbocycles. The normalized spacial score (nSPS) is 14.3. The lowest BCUT2D eigenvalue weighted by atomic mass is 10.0. The molecule has 2 unspecified atom stereocenters. The molecule has 1 heterocycles. The highest BCUT2D eigenvalue weighted by Gasteiger charge is 2.25. The summed E-state index contributed by atoms with van der Waals surface area (Å²) in [4.78, 5) is 3.87. The molecule has 5 nitrogen and oxygen atoms in total. The smallest absolute Gasteiger partial charge is 0.137 e. The Morgan fingerprint density at radius 3 is 2.79 bits per heavy atom. The van der Waals surface area contributed by atoms with Crippen molar-refractivity contribution >= 4 is 23.2 Å². The Bertz CT molecular complexity index is 534. The third-order valence-corrected chi connectivity index (χ3v) is 3.32. The van der Waals surface area contributed by atoms with Crippen LogP contribution in [0.15, 0.2) is 30.9 Å². The summed E-state index contributed by atoms with van der Waals surface area (Å²) in [6, 6.07) is 4.55. The number of halogens is 2. The number of aliphatic hydroxyl groups excluding tert-OH is 1. The summed E-state index contributed by atoms with van der Waals surface area (Å²) in [5, 5.41) is 15.4. The van der Waals surface area contributed by atoms with E-state index in [0.717, 1.165) is 0 Å². The van der Waals surface area contributed by atoms with Crippen LogP contribution in [-0.4, -0.2) is 33.6 Å². The Hall–Kier alpha value is -1.14. The Balaban J connectivity index is 2.31. The molecule has 1 aromatic heterocycles. The zero-order valence-electron chi connectivity index (χ0n) is 10.2. The molecule has 0 spiro atoms. The van der Waals surface area contributed by atoms with Gasteiger partial charge >= 0.3 is 0 Å². The maximum absolute atomic E-state index is 10.5. The predicted octanol–water partition coefficient (Wildman–Crippen LogP) is 2.51. The zero-order valence-corrected chi connectivity index (χ0v) is 11.7. The van der Waals surface area contributed by atoms with E-state index in [1.165, 1.54) is 12.7 Å². The highest BCUT2D eigenvalue weighted by atomic mass is 35.5. The first-order chi connectivity index (χ1) is 9.13. The predicted molar refractivity (Wildman–Crippen MR) is 72.4 cm³/mol. The Morgan fingerprint density at radius 1 is 1.42 bits per heavy atom. The van der Waals surface area contributed by atoms with Crippen molar-refractivity contribution in [3.63, 3.8) is 0 Å². The van der Waals surface area contributed by atoms with Gasteiger partial charge in [-0.1, -0.05) is 29.3 Å². The Morgan fingerprint density at radius 2 is 2.21 bits per heavy atom. The molecule has 0 fully saturated rings. The molecule has 1 aromatic carbocycles. The van der Waals surface area contributed by atoms with E-state index in [-0.39, 0.29) is 6.61 Å². The van der Waals surface area contributed by atoms with Crippen LogP contribution in [0, 0.1) is 0 Å². The fourth-order valence-corrected chi connectivity index (χ4v) is 2.34. The lowest BCUT2D eigenvalue weighted by Crippen LogP contribution is -2.23. The van der Waals surface area contributed by atoms with Crippen LogP contribution in [0.4, 0.5) is 0 Å². The topological polar surface area (TPSA) is 60.2 Å². The summed E-state index contributed by atoms with van der Waals surface area (Å²) in [6.45, 7) is 0.281. The molecule has 2 atom stereocenters. The van der Waals surface area contributed by atoms with Gasteiger partial charge in [0.2, 0.25) is 0 Å². The van der Waals surface area contributed by atoms with Crippen LogP contribution in [0.3, 0.4) is 0 Å². The van der Waals surface area contributed by atoms with Crippen molar-refractivity contribution in [1.82, 2.24) is 14.8 Å². The second kappa shape index (κ2) is 6.34. The highest BCUT2D eigenvalue weighted by Crippen LogP contribution is 2.32. The van der Waals surface area contributed by atoms with Gasteiger partial charge in [-0.3, -0.25) is 0 Å². The van der Waals surface area contributed by atoms with E-state index < -0.39 is 12.1 Å².